The first-order valence-electron chi connectivity index (χ1n) is 20.1. The summed E-state index contributed by atoms with van der Waals surface area (Å²) < 4.78 is 49.2. The number of carbonyl (C=O) groups is 1. The van der Waals surface area contributed by atoms with Crippen LogP contribution >= 0.6 is 11.6 Å². The van der Waals surface area contributed by atoms with Crippen molar-refractivity contribution in [1.29, 1.82) is 0 Å². The lowest BCUT2D eigenvalue weighted by atomic mass is 9.63. The predicted molar refractivity (Wildman–Crippen MR) is 212 cm³/mol. The molecule has 12 heteroatoms. The fourth-order valence-corrected chi connectivity index (χ4v) is 11.8. The summed E-state index contributed by atoms with van der Waals surface area (Å²) >= 11 is 6.51. The maximum Gasteiger partial charge on any atom is 0.264 e. The Bertz CT molecular complexity index is 1880. The Kier molecular flexibility index (Phi) is 10.6. The van der Waals surface area contributed by atoms with Crippen LogP contribution in [0, 0.1) is 17.8 Å². The molecule has 8 rings (SSSR count). The first-order valence-corrected chi connectivity index (χ1v) is 22.0. The first kappa shape index (κ1) is 38.2. The number of allylic oxidation sites excluding steroid dienone is 1. The number of halogens is 1. The van der Waals surface area contributed by atoms with Crippen molar-refractivity contribution in [2.24, 2.45) is 17.8 Å². The summed E-state index contributed by atoms with van der Waals surface area (Å²) in [5.74, 6) is 0.445. The Morgan fingerprint density at radius 2 is 1.91 bits per heavy atom. The van der Waals surface area contributed by atoms with Crippen molar-refractivity contribution < 1.29 is 27.4 Å². The molecule has 1 amide bonds. The monoisotopic (exact) mass is 780 g/mol. The lowest BCUT2D eigenvalue weighted by molar-refractivity contribution is -0.117. The second kappa shape index (κ2) is 15.0. The van der Waals surface area contributed by atoms with E-state index in [9.17, 15) is 13.2 Å². The molecule has 1 spiro atoms. The number of piperazine rings is 1. The number of nitrogens with zero attached hydrogens (tertiary/aromatic N) is 3. The molecule has 54 heavy (non-hydrogen) atoms. The van der Waals surface area contributed by atoms with Gasteiger partial charge < -0.3 is 19.1 Å². The van der Waals surface area contributed by atoms with Crippen molar-refractivity contribution >= 4 is 33.2 Å². The Morgan fingerprint density at radius 1 is 1.06 bits per heavy atom. The van der Waals surface area contributed by atoms with Crippen LogP contribution in [-0.4, -0.2) is 113 Å². The van der Waals surface area contributed by atoms with Gasteiger partial charge in [0.25, 0.3) is 5.91 Å². The molecule has 1 N–H and O–H groups in total. The van der Waals surface area contributed by atoms with E-state index in [1.807, 2.05) is 32.2 Å². The summed E-state index contributed by atoms with van der Waals surface area (Å²) in [5.41, 5.74) is 2.87. The molecule has 294 valence electrons. The van der Waals surface area contributed by atoms with Crippen LogP contribution < -0.4 is 14.4 Å². The lowest BCUT2D eigenvalue weighted by Gasteiger charge is -2.53. The summed E-state index contributed by atoms with van der Waals surface area (Å²) in [4.78, 5) is 21.3. The van der Waals surface area contributed by atoms with Gasteiger partial charge in [0.1, 0.15) is 11.4 Å². The highest BCUT2D eigenvalue weighted by Gasteiger charge is 2.50. The maximum atomic E-state index is 13.7. The average Bonchev–Trinajstić information content (AvgIpc) is 3.29. The Hall–Kier alpha value is -2.67. The number of hydrogen-bond acceptors (Lipinski definition) is 9. The van der Waals surface area contributed by atoms with Gasteiger partial charge in [-0.05, 0) is 112 Å². The number of aryl methyl sites for hydroxylation is 1. The van der Waals surface area contributed by atoms with Crippen molar-refractivity contribution in [3.05, 3.63) is 70.3 Å². The van der Waals surface area contributed by atoms with Crippen LogP contribution in [0.1, 0.15) is 74.4 Å². The highest BCUT2D eigenvalue weighted by atomic mass is 35.5. The lowest BCUT2D eigenvalue weighted by Crippen LogP contribution is -2.63. The number of morpholine rings is 1. The molecule has 2 bridgehead atoms. The summed E-state index contributed by atoms with van der Waals surface area (Å²) in [6.07, 6.45) is 10.3. The summed E-state index contributed by atoms with van der Waals surface area (Å²) in [7, 11) is -2.11. The van der Waals surface area contributed by atoms with E-state index >= 15 is 0 Å². The molecule has 0 aromatic heterocycles. The van der Waals surface area contributed by atoms with Gasteiger partial charge in [0.15, 0.2) is 0 Å². The second-order valence-corrected chi connectivity index (χ2v) is 19.7. The number of ether oxygens (including phenoxy) is 3. The van der Waals surface area contributed by atoms with Gasteiger partial charge in [-0.25, -0.2) is 13.1 Å². The molecule has 10 nitrogen and oxygen atoms in total. The molecule has 8 atom stereocenters. The molecule has 0 radical (unpaired) electrons. The van der Waals surface area contributed by atoms with Gasteiger partial charge in [-0.15, -0.1) is 0 Å². The Labute approximate surface area is 326 Å². The number of methoxy groups -OCH3 is 1. The number of benzene rings is 2. The highest BCUT2D eigenvalue weighted by molar-refractivity contribution is 7.90. The molecule has 3 fully saturated rings. The number of carbonyl (C=O) groups excluding carboxylic acids is 1. The highest BCUT2D eigenvalue weighted by Crippen LogP contribution is 2.49. The molecule has 2 aromatic rings. The number of nitrogens with one attached hydrogen (secondary N) is 1. The van der Waals surface area contributed by atoms with Crippen molar-refractivity contribution in [3.63, 3.8) is 0 Å². The fourth-order valence-electron chi connectivity index (χ4n) is 10.3. The van der Waals surface area contributed by atoms with Crippen molar-refractivity contribution in [1.82, 2.24) is 14.5 Å². The van der Waals surface area contributed by atoms with E-state index in [2.05, 4.69) is 50.6 Å². The molecule has 1 saturated carbocycles. The molecular weight excluding hydrogens is 724 g/mol. The van der Waals surface area contributed by atoms with Gasteiger partial charge in [0.05, 0.1) is 30.3 Å². The maximum absolute atomic E-state index is 13.7. The Balaban J connectivity index is 1.18. The summed E-state index contributed by atoms with van der Waals surface area (Å²) in [6.45, 7) is 13.2. The van der Waals surface area contributed by atoms with Gasteiger partial charge in [-0.2, -0.15) is 0 Å². The van der Waals surface area contributed by atoms with E-state index in [-0.39, 0.29) is 23.4 Å². The summed E-state index contributed by atoms with van der Waals surface area (Å²) in [5, 5.41) is -0.0363. The molecule has 4 heterocycles. The molecule has 4 aliphatic heterocycles. The zero-order valence-corrected chi connectivity index (χ0v) is 33.8. The standard InChI is InChI=1S/C42H57ClN4O6S/c1-28-7-5-16-42(51-4,26-45-17-18-46-21-29(2)52-24-35(46)23-45)37-12-9-33(37)22-47-25-41(15-6-8-31-19-34(43)11-13-36(31)41)27-53-39-14-10-32(20-38(39)47)40(48)44-54(49,50)30(28)3/h5,10-11,13-14,16,19-20,28-30,33,35,37H,6-9,12,15,17-18,21-27H2,1-4H3,(H,44,48)/b16-5+/t28-,29+,30+,33-,35-,37+,41-,42+/m0/s1. The van der Waals surface area contributed by atoms with Gasteiger partial charge >= 0.3 is 0 Å². The number of rotatable bonds is 3. The number of sulfonamides is 1. The molecule has 2 saturated heterocycles. The average molecular weight is 781 g/mol. The minimum absolute atomic E-state index is 0.225. The largest absolute Gasteiger partial charge is 0.490 e. The fraction of sp³-hybridized carbons (Fsp3) is 0.643. The number of anilines is 1. The number of hydrogen-bond donors (Lipinski definition) is 1. The third kappa shape index (κ3) is 7.22. The van der Waals surface area contributed by atoms with Crippen LogP contribution in [0.25, 0.3) is 0 Å². The van der Waals surface area contributed by atoms with E-state index in [4.69, 9.17) is 25.8 Å². The topological polar surface area (TPSA) is 101 Å². The van der Waals surface area contributed by atoms with Crippen molar-refractivity contribution in [3.8, 4) is 5.75 Å². The molecule has 6 aliphatic rings. The smallest absolute Gasteiger partial charge is 0.264 e. The van der Waals surface area contributed by atoms with Crippen LogP contribution in [0.3, 0.4) is 0 Å². The van der Waals surface area contributed by atoms with E-state index in [1.165, 1.54) is 11.1 Å². The van der Waals surface area contributed by atoms with Crippen molar-refractivity contribution in [2.75, 3.05) is 71.0 Å². The third-order valence-electron chi connectivity index (χ3n) is 13.8. The van der Waals surface area contributed by atoms with Crippen LogP contribution in [0.2, 0.25) is 5.02 Å². The molecule has 2 aliphatic carbocycles. The number of amides is 1. The minimum Gasteiger partial charge on any atom is -0.490 e. The zero-order chi connectivity index (χ0) is 37.8. The number of fused-ring (bicyclic) bond motifs is 5. The third-order valence-corrected chi connectivity index (χ3v) is 16.0. The van der Waals surface area contributed by atoms with E-state index in [0.29, 0.717) is 42.8 Å². The van der Waals surface area contributed by atoms with Crippen LogP contribution in [-0.2, 0) is 31.3 Å². The Morgan fingerprint density at radius 3 is 2.70 bits per heavy atom. The first-order chi connectivity index (χ1) is 25.9. The van der Waals surface area contributed by atoms with Gasteiger partial charge in [0, 0.05) is 75.0 Å². The normalized spacial score (nSPS) is 36.4. The summed E-state index contributed by atoms with van der Waals surface area (Å²) in [6, 6.07) is 12.0. The van der Waals surface area contributed by atoms with E-state index in [1.54, 1.807) is 13.0 Å². The van der Waals surface area contributed by atoms with Crippen LogP contribution in [0.4, 0.5) is 5.69 Å². The van der Waals surface area contributed by atoms with E-state index < -0.39 is 26.8 Å². The van der Waals surface area contributed by atoms with Gasteiger partial charge in [-0.3, -0.25) is 14.6 Å². The van der Waals surface area contributed by atoms with Gasteiger partial charge in [0.2, 0.25) is 10.0 Å². The SMILES string of the molecule is CO[C@@]1(CN2CCN3C[C@@H](C)OC[C@@H]3C2)/C=C/C[C@H](C)[C@@H](C)S(=O)(=O)NC(=O)c2ccc3c(c2)N(C[C@@H]2CC[C@H]21)C[C@@]1(CCCc2cc(Cl)ccc21)CO3. The molecular formula is C42H57ClN4O6S. The minimum atomic E-state index is -3.96. The van der Waals surface area contributed by atoms with Crippen LogP contribution in [0.15, 0.2) is 48.6 Å². The molecule has 0 unspecified atom stereocenters. The quantitative estimate of drug-likeness (QED) is 0.395. The van der Waals surface area contributed by atoms with E-state index in [0.717, 1.165) is 88.7 Å². The van der Waals surface area contributed by atoms with Crippen LogP contribution in [0.5, 0.6) is 5.75 Å². The predicted octanol–water partition coefficient (Wildman–Crippen LogP) is 5.67. The second-order valence-electron chi connectivity index (χ2n) is 17.2. The zero-order valence-electron chi connectivity index (χ0n) is 32.3. The van der Waals surface area contributed by atoms with Gasteiger partial charge in [-0.1, -0.05) is 36.7 Å². The molecule has 2 aromatic carbocycles. The van der Waals surface area contributed by atoms with Crippen molar-refractivity contribution in [2.45, 2.75) is 87.7 Å².